The molecule has 2 amide bonds. The van der Waals surface area contributed by atoms with Crippen LogP contribution in [0.15, 0.2) is 12.4 Å². The maximum absolute atomic E-state index is 11.7. The number of aryl methyl sites for hydroxylation is 1. The number of urea groups is 1. The van der Waals surface area contributed by atoms with Crippen LogP contribution in [0.4, 0.5) is 10.5 Å². The van der Waals surface area contributed by atoms with Crippen molar-refractivity contribution in [2.24, 2.45) is 7.05 Å². The number of carbonyl (C=O) groups is 2. The molecule has 7 nitrogen and oxygen atoms in total. The average molecular weight is 254 g/mol. The highest BCUT2D eigenvalue weighted by Gasteiger charge is 2.21. The van der Waals surface area contributed by atoms with E-state index in [1.165, 1.54) is 6.20 Å². The Morgan fingerprint density at radius 1 is 1.50 bits per heavy atom. The third kappa shape index (κ3) is 4.86. The van der Waals surface area contributed by atoms with Crippen molar-refractivity contribution in [2.45, 2.75) is 32.2 Å². The molecule has 1 rings (SSSR count). The predicted molar refractivity (Wildman–Crippen MR) is 66.3 cm³/mol. The lowest BCUT2D eigenvalue weighted by Crippen LogP contribution is -2.45. The van der Waals surface area contributed by atoms with Crippen LogP contribution in [0.2, 0.25) is 0 Å². The quantitative estimate of drug-likeness (QED) is 0.735. The van der Waals surface area contributed by atoms with E-state index in [0.717, 1.165) is 0 Å². The summed E-state index contributed by atoms with van der Waals surface area (Å²) in [6, 6.07) is -0.376. The van der Waals surface area contributed by atoms with Crippen molar-refractivity contribution < 1.29 is 14.7 Å². The molecule has 1 aromatic rings. The molecule has 0 aliphatic rings. The van der Waals surface area contributed by atoms with Crippen LogP contribution in [-0.2, 0) is 11.8 Å². The molecule has 0 spiro atoms. The molecule has 1 heterocycles. The lowest BCUT2D eigenvalue weighted by Gasteiger charge is -2.25. The SMILES string of the molecule is Cn1cc(NC(=O)NC(C)(C)CCC(=O)O)cn1. The van der Waals surface area contributed by atoms with Gasteiger partial charge >= 0.3 is 12.0 Å². The van der Waals surface area contributed by atoms with Gasteiger partial charge in [0.15, 0.2) is 0 Å². The van der Waals surface area contributed by atoms with E-state index in [1.54, 1.807) is 31.8 Å². The Kier molecular flexibility index (Phi) is 4.30. The van der Waals surface area contributed by atoms with Crippen molar-refractivity contribution >= 4 is 17.7 Å². The summed E-state index contributed by atoms with van der Waals surface area (Å²) in [5.41, 5.74) is 0.00838. The molecule has 0 bridgehead atoms. The van der Waals surface area contributed by atoms with Crippen molar-refractivity contribution in [3.63, 3.8) is 0 Å². The van der Waals surface area contributed by atoms with Gasteiger partial charge in [0.2, 0.25) is 0 Å². The maximum atomic E-state index is 11.7. The summed E-state index contributed by atoms with van der Waals surface area (Å²) in [6.45, 7) is 3.55. The van der Waals surface area contributed by atoms with Crippen LogP contribution in [0.25, 0.3) is 0 Å². The van der Waals surface area contributed by atoms with E-state index in [9.17, 15) is 9.59 Å². The van der Waals surface area contributed by atoms with Crippen LogP contribution < -0.4 is 10.6 Å². The minimum absolute atomic E-state index is 0.0141. The van der Waals surface area contributed by atoms with Crippen molar-refractivity contribution in [2.75, 3.05) is 5.32 Å². The summed E-state index contributed by atoms with van der Waals surface area (Å²) >= 11 is 0. The lowest BCUT2D eigenvalue weighted by atomic mass is 9.99. The number of hydrogen-bond donors (Lipinski definition) is 3. The average Bonchev–Trinajstić information content (AvgIpc) is 2.60. The summed E-state index contributed by atoms with van der Waals surface area (Å²) in [6.07, 6.45) is 3.58. The molecule has 0 aromatic carbocycles. The number of amides is 2. The van der Waals surface area contributed by atoms with Crippen LogP contribution in [-0.4, -0.2) is 32.4 Å². The summed E-state index contributed by atoms with van der Waals surface area (Å²) in [4.78, 5) is 22.2. The molecule has 0 aliphatic heterocycles. The van der Waals surface area contributed by atoms with Crippen molar-refractivity contribution in [1.82, 2.24) is 15.1 Å². The topological polar surface area (TPSA) is 96.2 Å². The molecule has 100 valence electrons. The molecule has 0 atom stereocenters. The first kappa shape index (κ1) is 14.0. The molecule has 1 aromatic heterocycles. The first-order chi connectivity index (χ1) is 8.28. The van der Waals surface area contributed by atoms with Crippen molar-refractivity contribution in [3.8, 4) is 0 Å². The van der Waals surface area contributed by atoms with E-state index in [-0.39, 0.29) is 12.5 Å². The van der Waals surface area contributed by atoms with E-state index in [4.69, 9.17) is 5.11 Å². The van der Waals surface area contributed by atoms with Gasteiger partial charge in [-0.1, -0.05) is 0 Å². The number of carboxylic acids is 1. The Morgan fingerprint density at radius 2 is 2.17 bits per heavy atom. The van der Waals surface area contributed by atoms with Crippen molar-refractivity contribution in [1.29, 1.82) is 0 Å². The molecular weight excluding hydrogens is 236 g/mol. The molecule has 0 saturated heterocycles. The highest BCUT2D eigenvalue weighted by Crippen LogP contribution is 2.12. The van der Waals surface area contributed by atoms with Gasteiger partial charge in [-0.2, -0.15) is 5.10 Å². The van der Waals surface area contributed by atoms with Gasteiger partial charge in [-0.25, -0.2) is 4.79 Å². The standard InChI is InChI=1S/C11H18N4O3/c1-11(2,5-4-9(16)17)14-10(18)13-8-6-12-15(3)7-8/h6-7H,4-5H2,1-3H3,(H,16,17)(H2,13,14,18). The molecule has 0 radical (unpaired) electrons. The van der Waals surface area contributed by atoms with Gasteiger partial charge in [0, 0.05) is 25.2 Å². The molecule has 3 N–H and O–H groups in total. The summed E-state index contributed by atoms with van der Waals surface area (Å²) in [5, 5.41) is 17.9. The predicted octanol–water partition coefficient (Wildman–Crippen LogP) is 1.18. The van der Waals surface area contributed by atoms with Gasteiger partial charge in [-0.3, -0.25) is 9.48 Å². The monoisotopic (exact) mass is 254 g/mol. The fourth-order valence-electron chi connectivity index (χ4n) is 1.44. The lowest BCUT2D eigenvalue weighted by molar-refractivity contribution is -0.137. The minimum Gasteiger partial charge on any atom is -0.481 e. The summed E-state index contributed by atoms with van der Waals surface area (Å²) in [7, 11) is 1.75. The number of anilines is 1. The second kappa shape index (κ2) is 5.52. The Balaban J connectivity index is 2.45. The van der Waals surface area contributed by atoms with E-state index >= 15 is 0 Å². The number of nitrogens with zero attached hydrogens (tertiary/aromatic N) is 2. The molecule has 0 unspecified atom stereocenters. The van der Waals surface area contributed by atoms with E-state index in [0.29, 0.717) is 12.1 Å². The molecule has 7 heteroatoms. The zero-order valence-electron chi connectivity index (χ0n) is 10.7. The van der Waals surface area contributed by atoms with Gasteiger partial charge in [0.1, 0.15) is 0 Å². The number of aromatic nitrogens is 2. The highest BCUT2D eigenvalue weighted by molar-refractivity contribution is 5.89. The van der Waals surface area contributed by atoms with E-state index in [2.05, 4.69) is 15.7 Å². The van der Waals surface area contributed by atoms with Gasteiger partial charge in [-0.05, 0) is 20.3 Å². The normalized spacial score (nSPS) is 11.1. The Bertz CT molecular complexity index is 439. The third-order valence-electron chi connectivity index (χ3n) is 2.38. The zero-order valence-corrected chi connectivity index (χ0v) is 10.7. The largest absolute Gasteiger partial charge is 0.481 e. The number of rotatable bonds is 5. The fraction of sp³-hybridized carbons (Fsp3) is 0.545. The number of aliphatic carboxylic acids is 1. The van der Waals surface area contributed by atoms with Crippen LogP contribution in [0.3, 0.4) is 0 Å². The number of carboxylic acid groups (broad SMARTS) is 1. The van der Waals surface area contributed by atoms with Crippen LogP contribution in [0.1, 0.15) is 26.7 Å². The van der Waals surface area contributed by atoms with Crippen LogP contribution in [0.5, 0.6) is 0 Å². The summed E-state index contributed by atoms with van der Waals surface area (Å²) < 4.78 is 1.57. The Morgan fingerprint density at radius 3 is 2.67 bits per heavy atom. The minimum atomic E-state index is -0.877. The van der Waals surface area contributed by atoms with Gasteiger partial charge in [0.25, 0.3) is 0 Å². The van der Waals surface area contributed by atoms with Crippen LogP contribution >= 0.6 is 0 Å². The van der Waals surface area contributed by atoms with Gasteiger partial charge < -0.3 is 15.7 Å². The molecule has 0 saturated carbocycles. The van der Waals surface area contributed by atoms with E-state index < -0.39 is 11.5 Å². The number of carbonyl (C=O) groups excluding carboxylic acids is 1. The fourth-order valence-corrected chi connectivity index (χ4v) is 1.44. The first-order valence-electron chi connectivity index (χ1n) is 5.58. The Labute approximate surface area is 105 Å². The number of hydrogen-bond acceptors (Lipinski definition) is 3. The second-order valence-electron chi connectivity index (χ2n) is 4.76. The molecule has 18 heavy (non-hydrogen) atoms. The zero-order chi connectivity index (χ0) is 13.8. The first-order valence-corrected chi connectivity index (χ1v) is 5.58. The second-order valence-corrected chi connectivity index (χ2v) is 4.76. The molecule has 0 fully saturated rings. The number of nitrogens with one attached hydrogen (secondary N) is 2. The van der Waals surface area contributed by atoms with Gasteiger partial charge in [0.05, 0.1) is 11.9 Å². The molecular formula is C11H18N4O3. The van der Waals surface area contributed by atoms with Gasteiger partial charge in [-0.15, -0.1) is 0 Å². The van der Waals surface area contributed by atoms with E-state index in [1.807, 2.05) is 0 Å². The highest BCUT2D eigenvalue weighted by atomic mass is 16.4. The van der Waals surface area contributed by atoms with Crippen molar-refractivity contribution in [3.05, 3.63) is 12.4 Å². The van der Waals surface area contributed by atoms with Crippen LogP contribution in [0, 0.1) is 0 Å². The molecule has 0 aliphatic carbocycles. The summed E-state index contributed by atoms with van der Waals surface area (Å²) in [5.74, 6) is -0.877. The Hall–Kier alpha value is -2.05. The smallest absolute Gasteiger partial charge is 0.319 e. The maximum Gasteiger partial charge on any atom is 0.319 e. The third-order valence-corrected chi connectivity index (χ3v) is 2.38.